The van der Waals surface area contributed by atoms with Crippen LogP contribution in [0.25, 0.3) is 5.69 Å². The predicted molar refractivity (Wildman–Crippen MR) is 109 cm³/mol. The molecule has 1 fully saturated rings. The molecule has 160 valence electrons. The number of tetrazole rings is 1. The van der Waals surface area contributed by atoms with Gasteiger partial charge in [0, 0.05) is 0 Å². The number of amides is 3. The monoisotopic (exact) mass is 422 g/mol. The summed E-state index contributed by atoms with van der Waals surface area (Å²) < 4.78 is 7.04. The molecule has 0 bridgehead atoms. The van der Waals surface area contributed by atoms with E-state index in [0.717, 1.165) is 10.5 Å². The molecular formula is C21H22N6O4. The maximum Gasteiger partial charge on any atom is 0.325 e. The van der Waals surface area contributed by atoms with Crippen molar-refractivity contribution in [3.05, 3.63) is 66.0 Å². The van der Waals surface area contributed by atoms with Gasteiger partial charge in [0.1, 0.15) is 30.3 Å². The van der Waals surface area contributed by atoms with E-state index in [4.69, 9.17) is 4.74 Å². The molecule has 2 atom stereocenters. The second-order valence-corrected chi connectivity index (χ2v) is 7.56. The van der Waals surface area contributed by atoms with Crippen molar-refractivity contribution in [1.82, 2.24) is 30.4 Å². The van der Waals surface area contributed by atoms with Gasteiger partial charge >= 0.3 is 6.03 Å². The molecule has 10 nitrogen and oxygen atoms in total. The number of hydrogen-bond acceptors (Lipinski definition) is 7. The molecule has 0 radical (unpaired) electrons. The van der Waals surface area contributed by atoms with Crippen molar-refractivity contribution in [2.75, 3.05) is 13.2 Å². The molecule has 31 heavy (non-hydrogen) atoms. The Morgan fingerprint density at radius 1 is 1.19 bits per heavy atom. The maximum absolute atomic E-state index is 13.1. The molecule has 2 aromatic carbocycles. The van der Waals surface area contributed by atoms with Crippen LogP contribution in [0.4, 0.5) is 4.79 Å². The first-order valence-electron chi connectivity index (χ1n) is 9.72. The fraction of sp³-hybridized carbons (Fsp3) is 0.286. The van der Waals surface area contributed by atoms with Gasteiger partial charge < -0.3 is 15.2 Å². The van der Waals surface area contributed by atoms with E-state index in [1.165, 1.54) is 11.0 Å². The molecule has 1 saturated heterocycles. The lowest BCUT2D eigenvalue weighted by molar-refractivity contribution is -0.132. The van der Waals surface area contributed by atoms with Crippen LogP contribution < -0.4 is 10.1 Å². The number of hydrogen-bond donors (Lipinski definition) is 2. The number of aliphatic hydroxyl groups is 1. The Bertz CT molecular complexity index is 1100. The molecule has 0 aliphatic carbocycles. The minimum atomic E-state index is -1.28. The molecule has 2 N–H and O–H groups in total. The van der Waals surface area contributed by atoms with E-state index in [9.17, 15) is 14.7 Å². The zero-order valence-corrected chi connectivity index (χ0v) is 17.1. The van der Waals surface area contributed by atoms with Crippen LogP contribution in [0.1, 0.15) is 18.1 Å². The topological polar surface area (TPSA) is 122 Å². The largest absolute Gasteiger partial charge is 0.491 e. The summed E-state index contributed by atoms with van der Waals surface area (Å²) in [7, 11) is 0. The number of aryl methyl sites for hydroxylation is 1. The highest BCUT2D eigenvalue weighted by molar-refractivity contribution is 6.07. The van der Waals surface area contributed by atoms with E-state index in [0.29, 0.717) is 17.0 Å². The number of carbonyl (C=O) groups excluding carboxylic acids is 2. The number of imide groups is 1. The Hall–Kier alpha value is -3.79. The fourth-order valence-corrected chi connectivity index (χ4v) is 3.46. The van der Waals surface area contributed by atoms with Crippen molar-refractivity contribution in [3.63, 3.8) is 0 Å². The molecule has 4 rings (SSSR count). The number of nitrogens with one attached hydrogen (secondary N) is 1. The summed E-state index contributed by atoms with van der Waals surface area (Å²) in [6.45, 7) is 3.33. The Morgan fingerprint density at radius 3 is 2.74 bits per heavy atom. The van der Waals surface area contributed by atoms with Crippen molar-refractivity contribution in [2.45, 2.75) is 25.5 Å². The molecule has 10 heteroatoms. The SMILES string of the molecule is Cc1cccc(OCC(O)CN2C(=O)NC(C)(c3cccc(-n4cnnn4)c3)C2=O)c1. The van der Waals surface area contributed by atoms with Crippen molar-refractivity contribution in [3.8, 4) is 11.4 Å². The van der Waals surface area contributed by atoms with Gasteiger partial charge in [-0.15, -0.1) is 5.10 Å². The summed E-state index contributed by atoms with van der Waals surface area (Å²) in [4.78, 5) is 26.7. The summed E-state index contributed by atoms with van der Waals surface area (Å²) in [5.41, 5.74) is 0.974. The standard InChI is InChI=1S/C21H22N6O4/c1-14-5-3-8-18(9-14)31-12-17(28)11-26-19(29)21(2,23-20(26)30)15-6-4-7-16(10-15)27-13-22-24-25-27/h3-10,13,17,28H,11-12H2,1-2H3,(H,23,30). The highest BCUT2D eigenvalue weighted by atomic mass is 16.5. The van der Waals surface area contributed by atoms with Crippen molar-refractivity contribution < 1.29 is 19.4 Å². The van der Waals surface area contributed by atoms with Crippen LogP contribution in [-0.2, 0) is 10.3 Å². The molecule has 3 amide bonds. The van der Waals surface area contributed by atoms with Crippen LogP contribution in [0.2, 0.25) is 0 Å². The zero-order valence-electron chi connectivity index (χ0n) is 17.1. The van der Waals surface area contributed by atoms with Crippen molar-refractivity contribution >= 4 is 11.9 Å². The van der Waals surface area contributed by atoms with Crippen molar-refractivity contribution in [2.24, 2.45) is 0 Å². The molecule has 2 unspecified atom stereocenters. The van der Waals surface area contributed by atoms with E-state index < -0.39 is 23.6 Å². The molecule has 3 aromatic rings. The van der Waals surface area contributed by atoms with E-state index in [1.54, 1.807) is 37.3 Å². The van der Waals surface area contributed by atoms with Crippen LogP contribution in [0.15, 0.2) is 54.9 Å². The van der Waals surface area contributed by atoms with Crippen LogP contribution in [0.5, 0.6) is 5.75 Å². The maximum atomic E-state index is 13.1. The number of aromatic nitrogens is 4. The van der Waals surface area contributed by atoms with Crippen LogP contribution in [0.3, 0.4) is 0 Å². The number of carbonyl (C=O) groups is 2. The minimum absolute atomic E-state index is 0.0496. The lowest BCUT2D eigenvalue weighted by atomic mass is 9.91. The Balaban J connectivity index is 1.46. The zero-order chi connectivity index (χ0) is 22.0. The number of benzene rings is 2. The fourth-order valence-electron chi connectivity index (χ4n) is 3.46. The predicted octanol–water partition coefficient (Wildman–Crippen LogP) is 1.18. The third-order valence-corrected chi connectivity index (χ3v) is 5.14. The van der Waals surface area contributed by atoms with Gasteiger partial charge in [0.25, 0.3) is 5.91 Å². The first-order chi connectivity index (χ1) is 14.9. The molecular weight excluding hydrogens is 400 g/mol. The van der Waals surface area contributed by atoms with Gasteiger partial charge in [-0.1, -0.05) is 24.3 Å². The molecule has 2 heterocycles. The lowest BCUT2D eigenvalue weighted by Crippen LogP contribution is -2.42. The van der Waals surface area contributed by atoms with Crippen LogP contribution in [-0.4, -0.2) is 61.4 Å². The van der Waals surface area contributed by atoms with Gasteiger partial charge in [-0.25, -0.2) is 9.48 Å². The molecule has 1 aromatic heterocycles. The number of rotatable bonds is 7. The smallest absolute Gasteiger partial charge is 0.325 e. The molecule has 0 saturated carbocycles. The van der Waals surface area contributed by atoms with Crippen LogP contribution in [0, 0.1) is 6.92 Å². The Morgan fingerprint density at radius 2 is 2.00 bits per heavy atom. The number of urea groups is 1. The molecule has 1 aliphatic rings. The third kappa shape index (κ3) is 4.10. The average Bonchev–Trinajstić information content (AvgIpc) is 3.37. The second-order valence-electron chi connectivity index (χ2n) is 7.56. The molecule has 0 spiro atoms. The Labute approximate surface area is 178 Å². The minimum Gasteiger partial charge on any atom is -0.491 e. The number of aliphatic hydroxyl groups excluding tert-OH is 1. The van der Waals surface area contributed by atoms with Gasteiger partial charge in [0.2, 0.25) is 0 Å². The lowest BCUT2D eigenvalue weighted by Gasteiger charge is -2.23. The summed E-state index contributed by atoms with van der Waals surface area (Å²) in [5, 5.41) is 24.1. The quantitative estimate of drug-likeness (QED) is 0.548. The van der Waals surface area contributed by atoms with Gasteiger partial charge in [-0.05, 0) is 59.7 Å². The van der Waals surface area contributed by atoms with E-state index in [2.05, 4.69) is 20.8 Å². The van der Waals surface area contributed by atoms with Gasteiger partial charge in [-0.3, -0.25) is 9.69 Å². The highest BCUT2D eigenvalue weighted by Gasteiger charge is 2.49. The van der Waals surface area contributed by atoms with E-state index >= 15 is 0 Å². The molecule has 1 aliphatic heterocycles. The van der Waals surface area contributed by atoms with E-state index in [-0.39, 0.29) is 13.2 Å². The summed E-state index contributed by atoms with van der Waals surface area (Å²) in [6, 6.07) is 13.8. The number of nitrogens with zero attached hydrogens (tertiary/aromatic N) is 5. The first kappa shape index (κ1) is 20.5. The van der Waals surface area contributed by atoms with Crippen molar-refractivity contribution in [1.29, 1.82) is 0 Å². The third-order valence-electron chi connectivity index (χ3n) is 5.14. The average molecular weight is 422 g/mol. The van der Waals surface area contributed by atoms with Gasteiger partial charge in [-0.2, -0.15) is 0 Å². The Kier molecular flexibility index (Phi) is 5.38. The van der Waals surface area contributed by atoms with E-state index in [1.807, 2.05) is 25.1 Å². The normalized spacial score (nSPS) is 19.4. The summed E-state index contributed by atoms with van der Waals surface area (Å²) in [5.74, 6) is 0.154. The van der Waals surface area contributed by atoms with Gasteiger partial charge in [0.15, 0.2) is 0 Å². The number of ether oxygens (including phenoxy) is 1. The second kappa shape index (κ2) is 8.15. The number of β-amino-alcohol motifs (C(OH)–C–C–N with tert-alkyl or cyclic N) is 1. The first-order valence-corrected chi connectivity index (χ1v) is 9.72. The van der Waals surface area contributed by atoms with Gasteiger partial charge in [0.05, 0.1) is 12.2 Å². The highest BCUT2D eigenvalue weighted by Crippen LogP contribution is 2.30. The summed E-state index contributed by atoms with van der Waals surface area (Å²) in [6.07, 6.45) is 0.401. The summed E-state index contributed by atoms with van der Waals surface area (Å²) >= 11 is 0. The van der Waals surface area contributed by atoms with Crippen LogP contribution >= 0.6 is 0 Å².